The van der Waals surface area contributed by atoms with Crippen molar-refractivity contribution in [3.8, 4) is 5.75 Å². The number of aromatic nitrogens is 3. The standard InChI is InChI=1S/C18H17Cl2N3OS/c1-12(24-16-9-4-3-8-15(16)20)17-21-22-18(23(17)2)25-11-13-6-5-7-14(19)10-13/h3-10,12H,11H2,1-2H3. The SMILES string of the molecule is CC(Oc1ccccc1Cl)c1nnc(SCc2cccc(Cl)c2)n1C. The lowest BCUT2D eigenvalue weighted by Gasteiger charge is -2.15. The number of para-hydroxylation sites is 1. The molecular formula is C18H17Cl2N3OS. The van der Waals surface area contributed by atoms with Gasteiger partial charge in [0.1, 0.15) is 5.75 Å². The van der Waals surface area contributed by atoms with Gasteiger partial charge in [0.2, 0.25) is 0 Å². The maximum Gasteiger partial charge on any atom is 0.191 e. The zero-order valence-electron chi connectivity index (χ0n) is 13.8. The van der Waals surface area contributed by atoms with E-state index >= 15 is 0 Å². The van der Waals surface area contributed by atoms with E-state index in [2.05, 4.69) is 10.2 Å². The zero-order chi connectivity index (χ0) is 17.8. The summed E-state index contributed by atoms with van der Waals surface area (Å²) < 4.78 is 7.86. The summed E-state index contributed by atoms with van der Waals surface area (Å²) in [6.45, 7) is 1.93. The van der Waals surface area contributed by atoms with Crippen LogP contribution in [-0.4, -0.2) is 14.8 Å². The van der Waals surface area contributed by atoms with Crippen LogP contribution in [-0.2, 0) is 12.8 Å². The number of halogens is 2. The van der Waals surface area contributed by atoms with Crippen LogP contribution in [0.25, 0.3) is 0 Å². The second-order valence-corrected chi connectivity index (χ2v) is 7.30. The molecular weight excluding hydrogens is 377 g/mol. The van der Waals surface area contributed by atoms with Crippen molar-refractivity contribution >= 4 is 35.0 Å². The van der Waals surface area contributed by atoms with E-state index in [0.29, 0.717) is 10.8 Å². The Kier molecular flexibility index (Phi) is 5.89. The summed E-state index contributed by atoms with van der Waals surface area (Å²) in [6.07, 6.45) is -0.266. The molecule has 7 heteroatoms. The Labute approximate surface area is 161 Å². The molecule has 0 aliphatic carbocycles. The normalized spacial score (nSPS) is 12.2. The molecule has 0 spiro atoms. The minimum absolute atomic E-state index is 0.266. The third-order valence-corrected chi connectivity index (χ3v) is 5.27. The van der Waals surface area contributed by atoms with Gasteiger partial charge < -0.3 is 9.30 Å². The van der Waals surface area contributed by atoms with E-state index in [1.165, 1.54) is 0 Å². The highest BCUT2D eigenvalue weighted by Crippen LogP contribution is 2.29. The molecule has 1 aromatic heterocycles. The largest absolute Gasteiger partial charge is 0.481 e. The van der Waals surface area contributed by atoms with Crippen LogP contribution in [0.15, 0.2) is 53.7 Å². The molecule has 3 rings (SSSR count). The highest BCUT2D eigenvalue weighted by Gasteiger charge is 2.18. The Morgan fingerprint density at radius 1 is 1.12 bits per heavy atom. The van der Waals surface area contributed by atoms with E-state index in [4.69, 9.17) is 27.9 Å². The minimum Gasteiger partial charge on any atom is -0.481 e. The van der Waals surface area contributed by atoms with Crippen molar-refractivity contribution in [2.24, 2.45) is 7.05 Å². The summed E-state index contributed by atoms with van der Waals surface area (Å²) in [5.74, 6) is 2.15. The number of thioether (sulfide) groups is 1. The Bertz CT molecular complexity index is 869. The molecule has 1 unspecified atom stereocenters. The average Bonchev–Trinajstić information content (AvgIpc) is 2.96. The van der Waals surface area contributed by atoms with Gasteiger partial charge in [0.05, 0.1) is 5.02 Å². The smallest absolute Gasteiger partial charge is 0.191 e. The number of hydrogen-bond donors (Lipinski definition) is 0. The number of benzene rings is 2. The molecule has 1 heterocycles. The van der Waals surface area contributed by atoms with Crippen molar-refractivity contribution in [3.63, 3.8) is 0 Å². The van der Waals surface area contributed by atoms with Crippen LogP contribution in [0.1, 0.15) is 24.4 Å². The molecule has 0 fully saturated rings. The molecule has 0 N–H and O–H groups in total. The van der Waals surface area contributed by atoms with Crippen molar-refractivity contribution < 1.29 is 4.74 Å². The predicted octanol–water partition coefficient (Wildman–Crippen LogP) is 5.55. The third kappa shape index (κ3) is 4.48. The van der Waals surface area contributed by atoms with Gasteiger partial charge in [-0.15, -0.1) is 10.2 Å². The molecule has 0 saturated heterocycles. The third-order valence-electron chi connectivity index (χ3n) is 3.63. The lowest BCUT2D eigenvalue weighted by atomic mass is 10.2. The number of ether oxygens (including phenoxy) is 1. The summed E-state index contributed by atoms with van der Waals surface area (Å²) in [6, 6.07) is 15.2. The average molecular weight is 394 g/mol. The van der Waals surface area contributed by atoms with Gasteiger partial charge in [-0.2, -0.15) is 0 Å². The Balaban J connectivity index is 1.69. The lowest BCUT2D eigenvalue weighted by molar-refractivity contribution is 0.211. The number of rotatable bonds is 6. The topological polar surface area (TPSA) is 39.9 Å². The highest BCUT2D eigenvalue weighted by molar-refractivity contribution is 7.98. The van der Waals surface area contributed by atoms with Crippen LogP contribution in [0, 0.1) is 0 Å². The van der Waals surface area contributed by atoms with E-state index in [1.807, 2.05) is 61.0 Å². The predicted molar refractivity (Wildman–Crippen MR) is 103 cm³/mol. The highest BCUT2D eigenvalue weighted by atomic mass is 35.5. The van der Waals surface area contributed by atoms with Crippen molar-refractivity contribution in [2.45, 2.75) is 23.9 Å². The molecule has 4 nitrogen and oxygen atoms in total. The van der Waals surface area contributed by atoms with Gasteiger partial charge in [-0.05, 0) is 36.8 Å². The van der Waals surface area contributed by atoms with Gasteiger partial charge in [0.25, 0.3) is 0 Å². The molecule has 0 aliphatic heterocycles. The van der Waals surface area contributed by atoms with Gasteiger partial charge in [-0.1, -0.05) is 59.2 Å². The molecule has 130 valence electrons. The van der Waals surface area contributed by atoms with Crippen molar-refractivity contribution in [1.82, 2.24) is 14.8 Å². The molecule has 3 aromatic rings. The van der Waals surface area contributed by atoms with Gasteiger partial charge in [-0.25, -0.2) is 0 Å². The van der Waals surface area contributed by atoms with Gasteiger partial charge in [0.15, 0.2) is 17.1 Å². The van der Waals surface area contributed by atoms with Crippen LogP contribution >= 0.6 is 35.0 Å². The molecule has 0 bridgehead atoms. The molecule has 0 radical (unpaired) electrons. The first-order chi connectivity index (χ1) is 12.0. The summed E-state index contributed by atoms with van der Waals surface area (Å²) in [4.78, 5) is 0. The van der Waals surface area contributed by atoms with Gasteiger partial charge >= 0.3 is 0 Å². The maximum atomic E-state index is 6.15. The van der Waals surface area contributed by atoms with Gasteiger partial charge in [0, 0.05) is 17.8 Å². The molecule has 0 saturated carbocycles. The summed E-state index contributed by atoms with van der Waals surface area (Å²) in [5.41, 5.74) is 1.14. The Hall–Kier alpha value is -1.69. The summed E-state index contributed by atoms with van der Waals surface area (Å²) in [7, 11) is 1.93. The first-order valence-electron chi connectivity index (χ1n) is 7.72. The molecule has 0 amide bonds. The second-order valence-electron chi connectivity index (χ2n) is 5.51. The van der Waals surface area contributed by atoms with E-state index < -0.39 is 0 Å². The second kappa shape index (κ2) is 8.13. The Morgan fingerprint density at radius 3 is 2.68 bits per heavy atom. The lowest BCUT2D eigenvalue weighted by Crippen LogP contribution is -2.10. The fourth-order valence-corrected chi connectivity index (χ4v) is 3.62. The van der Waals surface area contributed by atoms with E-state index in [9.17, 15) is 0 Å². The zero-order valence-corrected chi connectivity index (χ0v) is 16.1. The van der Waals surface area contributed by atoms with E-state index in [-0.39, 0.29) is 6.10 Å². The van der Waals surface area contributed by atoms with Gasteiger partial charge in [-0.3, -0.25) is 0 Å². The van der Waals surface area contributed by atoms with Crippen molar-refractivity contribution in [3.05, 3.63) is 70.0 Å². The fourth-order valence-electron chi connectivity index (χ4n) is 2.36. The number of hydrogen-bond acceptors (Lipinski definition) is 4. The van der Waals surface area contributed by atoms with Crippen LogP contribution in [0.4, 0.5) is 0 Å². The van der Waals surface area contributed by atoms with Crippen LogP contribution in [0.3, 0.4) is 0 Å². The molecule has 0 aliphatic rings. The summed E-state index contributed by atoms with van der Waals surface area (Å²) in [5, 5.41) is 10.7. The van der Waals surface area contributed by atoms with E-state index in [0.717, 1.165) is 27.3 Å². The maximum absolute atomic E-state index is 6.15. The first-order valence-corrected chi connectivity index (χ1v) is 9.46. The number of nitrogens with zero attached hydrogens (tertiary/aromatic N) is 3. The molecule has 25 heavy (non-hydrogen) atoms. The molecule has 1 atom stereocenters. The van der Waals surface area contributed by atoms with Crippen LogP contribution < -0.4 is 4.74 Å². The van der Waals surface area contributed by atoms with E-state index in [1.54, 1.807) is 17.8 Å². The quantitative estimate of drug-likeness (QED) is 0.514. The van der Waals surface area contributed by atoms with Crippen molar-refractivity contribution in [2.75, 3.05) is 0 Å². The Morgan fingerprint density at radius 2 is 1.92 bits per heavy atom. The first kappa shape index (κ1) is 18.1. The van der Waals surface area contributed by atoms with Crippen LogP contribution in [0.2, 0.25) is 10.0 Å². The summed E-state index contributed by atoms with van der Waals surface area (Å²) >= 11 is 13.8. The molecule has 2 aromatic carbocycles. The monoisotopic (exact) mass is 393 g/mol. The van der Waals surface area contributed by atoms with Crippen molar-refractivity contribution in [1.29, 1.82) is 0 Å². The van der Waals surface area contributed by atoms with Crippen LogP contribution in [0.5, 0.6) is 5.75 Å². The fraction of sp³-hybridized carbons (Fsp3) is 0.222. The minimum atomic E-state index is -0.266.